The maximum absolute atomic E-state index is 11.9. The minimum Gasteiger partial charge on any atom is -0.295 e. The average Bonchev–Trinajstić information content (AvgIpc) is 2.32. The molecular weight excluding hydrogens is 234 g/mol. The second kappa shape index (κ2) is 5.01. The lowest BCUT2D eigenvalue weighted by Crippen LogP contribution is -2.13. The van der Waals surface area contributed by atoms with Crippen LogP contribution in [-0.4, -0.2) is 10.8 Å². The number of allylic oxidation sites excluding steroid dienone is 2. The minimum atomic E-state index is 0.0442. The van der Waals surface area contributed by atoms with Crippen molar-refractivity contribution in [3.8, 4) is 0 Å². The van der Waals surface area contributed by atoms with E-state index in [0.29, 0.717) is 11.6 Å². The van der Waals surface area contributed by atoms with Gasteiger partial charge in [-0.1, -0.05) is 30.7 Å². The van der Waals surface area contributed by atoms with Crippen LogP contribution in [0.2, 0.25) is 5.15 Å². The van der Waals surface area contributed by atoms with Gasteiger partial charge in [0.15, 0.2) is 5.78 Å². The molecule has 0 radical (unpaired) electrons. The zero-order valence-electron chi connectivity index (χ0n) is 10.2. The lowest BCUT2D eigenvalue weighted by atomic mass is 9.85. The second-order valence-electron chi connectivity index (χ2n) is 4.59. The third kappa shape index (κ3) is 2.58. The SMILES string of the molecule is Cc1cnc(Cl)c(C(C)C2=CCCCC2=O)c1. The summed E-state index contributed by atoms with van der Waals surface area (Å²) in [6.07, 6.45) is 6.41. The van der Waals surface area contributed by atoms with Gasteiger partial charge in [0.25, 0.3) is 0 Å². The van der Waals surface area contributed by atoms with E-state index >= 15 is 0 Å². The van der Waals surface area contributed by atoms with E-state index in [9.17, 15) is 4.79 Å². The number of halogens is 1. The maximum Gasteiger partial charge on any atom is 0.159 e. The predicted octanol–water partition coefficient (Wildman–Crippen LogP) is 3.83. The van der Waals surface area contributed by atoms with Crippen LogP contribution in [0.3, 0.4) is 0 Å². The van der Waals surface area contributed by atoms with E-state index in [4.69, 9.17) is 11.6 Å². The fourth-order valence-electron chi connectivity index (χ4n) is 2.24. The van der Waals surface area contributed by atoms with Gasteiger partial charge in [0.2, 0.25) is 0 Å². The van der Waals surface area contributed by atoms with Crippen molar-refractivity contribution in [3.63, 3.8) is 0 Å². The Hall–Kier alpha value is -1.15. The lowest BCUT2D eigenvalue weighted by molar-refractivity contribution is -0.116. The van der Waals surface area contributed by atoms with Gasteiger partial charge >= 0.3 is 0 Å². The highest BCUT2D eigenvalue weighted by molar-refractivity contribution is 6.30. The molecule has 1 heterocycles. The summed E-state index contributed by atoms with van der Waals surface area (Å²) in [7, 11) is 0. The molecule has 0 amide bonds. The average molecular weight is 250 g/mol. The van der Waals surface area contributed by atoms with Crippen LogP contribution in [-0.2, 0) is 4.79 Å². The van der Waals surface area contributed by atoms with Gasteiger partial charge in [0.1, 0.15) is 5.15 Å². The Morgan fingerprint density at radius 2 is 2.24 bits per heavy atom. The molecule has 1 aliphatic rings. The Kier molecular flexibility index (Phi) is 3.63. The summed E-state index contributed by atoms with van der Waals surface area (Å²) in [5, 5.41) is 0.502. The number of pyridine rings is 1. The van der Waals surface area contributed by atoms with E-state index in [1.807, 2.05) is 19.9 Å². The highest BCUT2D eigenvalue weighted by Crippen LogP contribution is 2.32. The number of carbonyl (C=O) groups excluding carboxylic acids is 1. The van der Waals surface area contributed by atoms with Crippen molar-refractivity contribution < 1.29 is 4.79 Å². The molecule has 0 bridgehead atoms. The Bertz CT molecular complexity index is 479. The molecule has 3 heteroatoms. The number of Topliss-reactive ketones (excluding diaryl/α,β-unsaturated/α-hetero) is 1. The first-order valence-electron chi connectivity index (χ1n) is 5.95. The van der Waals surface area contributed by atoms with Crippen LogP contribution in [0.5, 0.6) is 0 Å². The summed E-state index contributed by atoms with van der Waals surface area (Å²) in [6.45, 7) is 4.01. The van der Waals surface area contributed by atoms with Gasteiger partial charge in [-0.25, -0.2) is 4.98 Å². The highest BCUT2D eigenvalue weighted by atomic mass is 35.5. The Morgan fingerprint density at radius 1 is 1.47 bits per heavy atom. The van der Waals surface area contributed by atoms with Crippen LogP contribution in [0.15, 0.2) is 23.9 Å². The normalized spacial score (nSPS) is 17.8. The fourth-order valence-corrected chi connectivity index (χ4v) is 2.51. The number of rotatable bonds is 2. The molecule has 0 aliphatic heterocycles. The molecule has 0 fully saturated rings. The standard InChI is InChI=1S/C14H16ClNO/c1-9-7-12(14(15)16-8-9)10(2)11-5-3-4-6-13(11)17/h5,7-8,10H,3-4,6H2,1-2H3. The Labute approximate surface area is 107 Å². The van der Waals surface area contributed by atoms with E-state index in [1.165, 1.54) is 0 Å². The van der Waals surface area contributed by atoms with Crippen LogP contribution >= 0.6 is 11.6 Å². The van der Waals surface area contributed by atoms with Crippen molar-refractivity contribution in [3.05, 3.63) is 40.2 Å². The molecule has 0 saturated heterocycles. The monoisotopic (exact) mass is 249 g/mol. The minimum absolute atomic E-state index is 0.0442. The first kappa shape index (κ1) is 12.3. The van der Waals surface area contributed by atoms with Gasteiger partial charge in [-0.3, -0.25) is 4.79 Å². The van der Waals surface area contributed by atoms with E-state index < -0.39 is 0 Å². The first-order valence-corrected chi connectivity index (χ1v) is 6.32. The lowest BCUT2D eigenvalue weighted by Gasteiger charge is -2.19. The number of aromatic nitrogens is 1. The van der Waals surface area contributed by atoms with Gasteiger partial charge < -0.3 is 0 Å². The van der Waals surface area contributed by atoms with Crippen LogP contribution in [0.4, 0.5) is 0 Å². The molecule has 1 unspecified atom stereocenters. The molecular formula is C14H16ClNO. The number of carbonyl (C=O) groups is 1. The van der Waals surface area contributed by atoms with E-state index in [1.54, 1.807) is 6.20 Å². The predicted molar refractivity (Wildman–Crippen MR) is 69.3 cm³/mol. The van der Waals surface area contributed by atoms with Gasteiger partial charge in [0, 0.05) is 18.5 Å². The summed E-state index contributed by atoms with van der Waals surface area (Å²) in [4.78, 5) is 16.0. The van der Waals surface area contributed by atoms with E-state index in [0.717, 1.165) is 29.5 Å². The summed E-state index contributed by atoms with van der Waals surface area (Å²) in [6, 6.07) is 2.02. The molecule has 2 nitrogen and oxygen atoms in total. The summed E-state index contributed by atoms with van der Waals surface area (Å²) >= 11 is 6.11. The largest absolute Gasteiger partial charge is 0.295 e. The molecule has 0 aromatic carbocycles. The molecule has 0 spiro atoms. The summed E-state index contributed by atoms with van der Waals surface area (Å²) in [5.74, 6) is 0.295. The molecule has 1 atom stereocenters. The third-order valence-electron chi connectivity index (χ3n) is 3.23. The smallest absolute Gasteiger partial charge is 0.159 e. The van der Waals surface area contributed by atoms with Crippen molar-refractivity contribution in [2.24, 2.45) is 0 Å². The Balaban J connectivity index is 2.36. The quantitative estimate of drug-likeness (QED) is 0.746. The molecule has 1 aromatic rings. The molecule has 0 saturated carbocycles. The molecule has 17 heavy (non-hydrogen) atoms. The molecule has 0 N–H and O–H groups in total. The molecule has 90 valence electrons. The van der Waals surface area contributed by atoms with E-state index in [-0.39, 0.29) is 11.7 Å². The van der Waals surface area contributed by atoms with Crippen molar-refractivity contribution in [2.45, 2.75) is 39.0 Å². The van der Waals surface area contributed by atoms with Crippen molar-refractivity contribution in [1.29, 1.82) is 0 Å². The van der Waals surface area contributed by atoms with Gasteiger partial charge in [0.05, 0.1) is 0 Å². The summed E-state index contributed by atoms with van der Waals surface area (Å²) < 4.78 is 0. The number of nitrogens with zero attached hydrogens (tertiary/aromatic N) is 1. The molecule has 1 aliphatic carbocycles. The highest BCUT2D eigenvalue weighted by Gasteiger charge is 2.22. The van der Waals surface area contributed by atoms with Crippen LogP contribution in [0.25, 0.3) is 0 Å². The van der Waals surface area contributed by atoms with Crippen molar-refractivity contribution >= 4 is 17.4 Å². The fraction of sp³-hybridized carbons (Fsp3) is 0.429. The second-order valence-corrected chi connectivity index (χ2v) is 4.95. The van der Waals surface area contributed by atoms with Crippen molar-refractivity contribution in [1.82, 2.24) is 4.98 Å². The zero-order chi connectivity index (χ0) is 12.4. The number of aryl methyl sites for hydroxylation is 1. The maximum atomic E-state index is 11.9. The topological polar surface area (TPSA) is 30.0 Å². The van der Waals surface area contributed by atoms with E-state index in [2.05, 4.69) is 11.1 Å². The Morgan fingerprint density at radius 3 is 2.94 bits per heavy atom. The number of hydrogen-bond donors (Lipinski definition) is 0. The van der Waals surface area contributed by atoms with Crippen molar-refractivity contribution in [2.75, 3.05) is 0 Å². The summed E-state index contributed by atoms with van der Waals surface area (Å²) in [5.41, 5.74) is 2.92. The van der Waals surface area contributed by atoms with Crippen LogP contribution in [0.1, 0.15) is 43.2 Å². The number of ketones is 1. The third-order valence-corrected chi connectivity index (χ3v) is 3.55. The number of hydrogen-bond acceptors (Lipinski definition) is 2. The first-order chi connectivity index (χ1) is 8.09. The zero-order valence-corrected chi connectivity index (χ0v) is 10.9. The molecule has 2 rings (SSSR count). The van der Waals surface area contributed by atoms with Gasteiger partial charge in [-0.05, 0) is 36.5 Å². The van der Waals surface area contributed by atoms with Crippen LogP contribution < -0.4 is 0 Å². The van der Waals surface area contributed by atoms with Crippen LogP contribution in [0, 0.1) is 6.92 Å². The van der Waals surface area contributed by atoms with Gasteiger partial charge in [-0.15, -0.1) is 0 Å². The van der Waals surface area contributed by atoms with Gasteiger partial charge in [-0.2, -0.15) is 0 Å². The molecule has 1 aromatic heterocycles.